The molecule has 26 heavy (non-hydrogen) atoms. The Labute approximate surface area is 152 Å². The fourth-order valence-electron chi connectivity index (χ4n) is 3.04. The number of carbonyl (C=O) groups is 1. The molecule has 0 radical (unpaired) electrons. The zero-order valence-corrected chi connectivity index (χ0v) is 14.8. The first-order chi connectivity index (χ1) is 12.6. The summed E-state index contributed by atoms with van der Waals surface area (Å²) in [6, 6.07) is 15.5. The molecule has 1 amide bonds. The van der Waals surface area contributed by atoms with Gasteiger partial charge in [-0.05, 0) is 38.1 Å². The molecule has 1 aliphatic rings. The lowest BCUT2D eigenvalue weighted by atomic mass is 10.2. The molecule has 0 fully saturated rings. The van der Waals surface area contributed by atoms with Crippen LogP contribution in [0.15, 0.2) is 48.5 Å². The zero-order valence-electron chi connectivity index (χ0n) is 14.8. The van der Waals surface area contributed by atoms with Gasteiger partial charge in [-0.3, -0.25) is 14.5 Å². The molecule has 6 heteroatoms. The summed E-state index contributed by atoms with van der Waals surface area (Å²) in [7, 11) is 0. The molecule has 3 aromatic rings. The van der Waals surface area contributed by atoms with Gasteiger partial charge in [0.05, 0.1) is 12.2 Å². The van der Waals surface area contributed by atoms with E-state index < -0.39 is 0 Å². The van der Waals surface area contributed by atoms with Gasteiger partial charge in [-0.2, -0.15) is 0 Å². The van der Waals surface area contributed by atoms with E-state index in [9.17, 15) is 4.79 Å². The van der Waals surface area contributed by atoms with Gasteiger partial charge in [-0.25, -0.2) is 0 Å². The third kappa shape index (κ3) is 3.18. The lowest BCUT2D eigenvalue weighted by molar-refractivity contribution is 0.0962. The predicted octanol–water partition coefficient (Wildman–Crippen LogP) is 3.13. The van der Waals surface area contributed by atoms with Gasteiger partial charge >= 0.3 is 0 Å². The van der Waals surface area contributed by atoms with E-state index in [0.29, 0.717) is 31.3 Å². The van der Waals surface area contributed by atoms with Crippen molar-refractivity contribution in [3.8, 4) is 5.88 Å². The summed E-state index contributed by atoms with van der Waals surface area (Å²) in [4.78, 5) is 19.0. The molecule has 0 bridgehead atoms. The van der Waals surface area contributed by atoms with Crippen LogP contribution in [-0.4, -0.2) is 27.2 Å². The number of ether oxygens (including phenoxy) is 1. The first-order valence-corrected chi connectivity index (χ1v) is 8.62. The zero-order chi connectivity index (χ0) is 18.1. The monoisotopic (exact) mass is 348 g/mol. The van der Waals surface area contributed by atoms with Gasteiger partial charge in [-0.1, -0.05) is 23.8 Å². The lowest BCUT2D eigenvalue weighted by Gasteiger charge is -2.27. The number of aromatic nitrogens is 3. The van der Waals surface area contributed by atoms with Crippen molar-refractivity contribution in [1.82, 2.24) is 14.8 Å². The summed E-state index contributed by atoms with van der Waals surface area (Å²) < 4.78 is 7.45. The molecule has 4 rings (SSSR count). The number of amides is 1. The molecule has 0 N–H and O–H groups in total. The largest absolute Gasteiger partial charge is 0.470 e. The minimum atomic E-state index is -0.0591. The number of hydrogen-bond acceptors (Lipinski definition) is 4. The van der Waals surface area contributed by atoms with Crippen LogP contribution in [0.3, 0.4) is 0 Å². The second kappa shape index (κ2) is 6.63. The van der Waals surface area contributed by atoms with Crippen molar-refractivity contribution in [1.29, 1.82) is 0 Å². The Balaban J connectivity index is 1.51. The predicted molar refractivity (Wildman–Crippen MR) is 98.4 cm³/mol. The van der Waals surface area contributed by atoms with Crippen LogP contribution in [0, 0.1) is 13.8 Å². The minimum Gasteiger partial charge on any atom is -0.470 e. The lowest BCUT2D eigenvalue weighted by Crippen LogP contribution is -2.40. The van der Waals surface area contributed by atoms with Crippen LogP contribution in [-0.2, 0) is 13.2 Å². The van der Waals surface area contributed by atoms with Crippen LogP contribution in [0.2, 0.25) is 0 Å². The highest BCUT2D eigenvalue weighted by atomic mass is 16.5. The summed E-state index contributed by atoms with van der Waals surface area (Å²) in [5.41, 5.74) is 4.40. The smallest absolute Gasteiger partial charge is 0.276 e. The number of hydrogen-bond donors (Lipinski definition) is 0. The number of carbonyl (C=O) groups excluding carboxylic acids is 1. The van der Waals surface area contributed by atoms with Gasteiger partial charge in [0.2, 0.25) is 5.88 Å². The first-order valence-electron chi connectivity index (χ1n) is 8.62. The van der Waals surface area contributed by atoms with Gasteiger partial charge in [0.25, 0.3) is 5.91 Å². The number of nitrogens with zero attached hydrogens (tertiary/aromatic N) is 4. The second-order valence-corrected chi connectivity index (χ2v) is 6.44. The Morgan fingerprint density at radius 1 is 1.08 bits per heavy atom. The second-order valence-electron chi connectivity index (χ2n) is 6.44. The standard InChI is InChI=1S/C20H20N4O2/c1-14-6-8-17(9-7-14)23-10-11-24-18(20(23)25)12-19(22-24)26-13-16-5-3-4-15(2)21-16/h3-9,12H,10-11,13H2,1-2H3. The number of anilines is 1. The molecule has 0 aliphatic carbocycles. The van der Waals surface area contributed by atoms with Gasteiger partial charge in [0, 0.05) is 24.0 Å². The summed E-state index contributed by atoms with van der Waals surface area (Å²) >= 11 is 0. The number of pyridine rings is 1. The van der Waals surface area contributed by atoms with Crippen LogP contribution >= 0.6 is 0 Å². The average molecular weight is 348 g/mol. The number of benzene rings is 1. The molecule has 0 spiro atoms. The first kappa shape index (κ1) is 16.3. The van der Waals surface area contributed by atoms with Crippen molar-refractivity contribution in [2.24, 2.45) is 0 Å². The van der Waals surface area contributed by atoms with Crippen LogP contribution in [0.5, 0.6) is 5.88 Å². The topological polar surface area (TPSA) is 60.3 Å². The van der Waals surface area contributed by atoms with Gasteiger partial charge in [-0.15, -0.1) is 5.10 Å². The highest BCUT2D eigenvalue weighted by Crippen LogP contribution is 2.24. The summed E-state index contributed by atoms with van der Waals surface area (Å²) in [6.45, 7) is 5.53. The van der Waals surface area contributed by atoms with Crippen LogP contribution < -0.4 is 9.64 Å². The molecule has 0 saturated heterocycles. The van der Waals surface area contributed by atoms with E-state index in [4.69, 9.17) is 4.74 Å². The van der Waals surface area contributed by atoms with Crippen molar-refractivity contribution in [2.45, 2.75) is 27.0 Å². The molecule has 1 aromatic carbocycles. The molecular weight excluding hydrogens is 328 g/mol. The Hall–Kier alpha value is -3.15. The molecule has 0 atom stereocenters. The highest BCUT2D eigenvalue weighted by molar-refractivity contribution is 6.05. The van der Waals surface area contributed by atoms with E-state index in [-0.39, 0.29) is 5.91 Å². The van der Waals surface area contributed by atoms with Crippen molar-refractivity contribution in [2.75, 3.05) is 11.4 Å². The van der Waals surface area contributed by atoms with E-state index in [1.165, 1.54) is 5.56 Å². The van der Waals surface area contributed by atoms with E-state index in [2.05, 4.69) is 10.1 Å². The molecule has 6 nitrogen and oxygen atoms in total. The third-order valence-corrected chi connectivity index (χ3v) is 4.42. The minimum absolute atomic E-state index is 0.0591. The molecule has 3 heterocycles. The van der Waals surface area contributed by atoms with Crippen molar-refractivity contribution >= 4 is 11.6 Å². The Morgan fingerprint density at radius 2 is 1.88 bits per heavy atom. The molecule has 0 unspecified atom stereocenters. The summed E-state index contributed by atoms with van der Waals surface area (Å²) in [5.74, 6) is 0.388. The van der Waals surface area contributed by atoms with Crippen LogP contribution in [0.4, 0.5) is 5.69 Å². The van der Waals surface area contributed by atoms with E-state index in [1.807, 2.05) is 56.3 Å². The van der Waals surface area contributed by atoms with Crippen LogP contribution in [0.1, 0.15) is 27.4 Å². The quantitative estimate of drug-likeness (QED) is 0.727. The van der Waals surface area contributed by atoms with Gasteiger partial charge in [0.1, 0.15) is 12.3 Å². The van der Waals surface area contributed by atoms with Gasteiger partial charge in [0.15, 0.2) is 0 Å². The maximum atomic E-state index is 12.8. The van der Waals surface area contributed by atoms with Crippen LogP contribution in [0.25, 0.3) is 0 Å². The highest BCUT2D eigenvalue weighted by Gasteiger charge is 2.27. The van der Waals surface area contributed by atoms with Crippen molar-refractivity contribution in [3.05, 3.63) is 71.2 Å². The Kier molecular flexibility index (Phi) is 4.16. The fraction of sp³-hybridized carbons (Fsp3) is 0.250. The molecule has 2 aromatic heterocycles. The summed E-state index contributed by atoms with van der Waals surface area (Å²) in [5, 5.41) is 4.40. The maximum absolute atomic E-state index is 12.8. The molecule has 1 aliphatic heterocycles. The van der Waals surface area contributed by atoms with Crippen molar-refractivity contribution < 1.29 is 9.53 Å². The number of fused-ring (bicyclic) bond motifs is 1. The Bertz CT molecular complexity index is 947. The fourth-order valence-corrected chi connectivity index (χ4v) is 3.04. The average Bonchev–Trinajstić information content (AvgIpc) is 3.06. The SMILES string of the molecule is Cc1ccc(N2CCn3nc(OCc4cccc(C)n4)cc3C2=O)cc1. The Morgan fingerprint density at radius 3 is 2.65 bits per heavy atom. The molecule has 132 valence electrons. The van der Waals surface area contributed by atoms with E-state index in [0.717, 1.165) is 17.1 Å². The van der Waals surface area contributed by atoms with Crippen molar-refractivity contribution in [3.63, 3.8) is 0 Å². The number of aryl methyl sites for hydroxylation is 2. The van der Waals surface area contributed by atoms with Gasteiger partial charge < -0.3 is 9.64 Å². The third-order valence-electron chi connectivity index (χ3n) is 4.42. The molecular formula is C20H20N4O2. The molecule has 0 saturated carbocycles. The normalized spacial score (nSPS) is 13.6. The van der Waals surface area contributed by atoms with E-state index >= 15 is 0 Å². The maximum Gasteiger partial charge on any atom is 0.276 e. The van der Waals surface area contributed by atoms with E-state index in [1.54, 1.807) is 15.6 Å². The summed E-state index contributed by atoms with van der Waals surface area (Å²) in [6.07, 6.45) is 0. The number of rotatable bonds is 4.